The molecule has 5 heteroatoms. The third-order valence-corrected chi connectivity index (χ3v) is 3.41. The van der Waals surface area contributed by atoms with Gasteiger partial charge in [0, 0.05) is 17.8 Å². The second-order valence-electron chi connectivity index (χ2n) is 4.39. The lowest BCUT2D eigenvalue weighted by atomic mass is 10.0. The fourth-order valence-corrected chi connectivity index (χ4v) is 1.97. The van der Waals surface area contributed by atoms with Crippen molar-refractivity contribution in [1.29, 1.82) is 0 Å². The van der Waals surface area contributed by atoms with E-state index in [-0.39, 0.29) is 21.8 Å². The van der Waals surface area contributed by atoms with E-state index in [0.29, 0.717) is 11.5 Å². The van der Waals surface area contributed by atoms with Crippen LogP contribution < -0.4 is 4.74 Å². The normalized spacial score (nSPS) is 10.8. The maximum absolute atomic E-state index is 9.76. The average Bonchev–Trinajstić information content (AvgIpc) is 2.37. The first kappa shape index (κ1) is 14.0. The second-order valence-corrected chi connectivity index (χ2v) is 5.13. The number of phenolic OH excluding ortho intramolecular Hbond substituents is 1. The molecular formula is C14H13Cl2NO2. The Kier molecular flexibility index (Phi) is 4.17. The molecule has 1 N–H and O–H groups in total. The highest BCUT2D eigenvalue weighted by atomic mass is 35.5. The van der Waals surface area contributed by atoms with Gasteiger partial charge in [-0.05, 0) is 24.1 Å². The standard InChI is InChI=1S/C14H13Cl2NO2/c1-8(2)10-7-9(3-4-11(10)18)19-12-5-6-17-14(16)13(12)15/h3-8,18H,1-2H3. The molecule has 0 aliphatic carbocycles. The van der Waals surface area contributed by atoms with Gasteiger partial charge in [-0.2, -0.15) is 0 Å². The lowest BCUT2D eigenvalue weighted by Gasteiger charge is -2.12. The van der Waals surface area contributed by atoms with Gasteiger partial charge in [-0.15, -0.1) is 0 Å². The topological polar surface area (TPSA) is 42.4 Å². The van der Waals surface area contributed by atoms with Crippen LogP contribution in [-0.4, -0.2) is 10.1 Å². The number of halogens is 2. The van der Waals surface area contributed by atoms with E-state index in [0.717, 1.165) is 5.56 Å². The van der Waals surface area contributed by atoms with E-state index < -0.39 is 0 Å². The van der Waals surface area contributed by atoms with Crippen molar-refractivity contribution in [3.8, 4) is 17.2 Å². The summed E-state index contributed by atoms with van der Waals surface area (Å²) in [6.45, 7) is 3.99. The fraction of sp³-hybridized carbons (Fsp3) is 0.214. The zero-order chi connectivity index (χ0) is 14.0. The largest absolute Gasteiger partial charge is 0.508 e. The lowest BCUT2D eigenvalue weighted by molar-refractivity contribution is 0.454. The van der Waals surface area contributed by atoms with Crippen LogP contribution in [0.2, 0.25) is 10.2 Å². The molecule has 0 spiro atoms. The predicted molar refractivity (Wildman–Crippen MR) is 76.5 cm³/mol. The highest BCUT2D eigenvalue weighted by molar-refractivity contribution is 6.42. The van der Waals surface area contributed by atoms with Crippen molar-refractivity contribution < 1.29 is 9.84 Å². The van der Waals surface area contributed by atoms with Crippen molar-refractivity contribution in [2.45, 2.75) is 19.8 Å². The van der Waals surface area contributed by atoms with E-state index in [4.69, 9.17) is 27.9 Å². The zero-order valence-corrected chi connectivity index (χ0v) is 12.0. The Bertz CT molecular complexity index is 600. The van der Waals surface area contributed by atoms with E-state index in [9.17, 15) is 5.11 Å². The zero-order valence-electron chi connectivity index (χ0n) is 10.5. The molecule has 19 heavy (non-hydrogen) atoms. The molecule has 0 aliphatic rings. The molecule has 0 saturated heterocycles. The van der Waals surface area contributed by atoms with E-state index in [1.165, 1.54) is 6.20 Å². The molecule has 0 radical (unpaired) electrons. The molecule has 0 saturated carbocycles. The molecule has 2 rings (SSSR count). The summed E-state index contributed by atoms with van der Waals surface area (Å²) < 4.78 is 5.67. The number of rotatable bonds is 3. The summed E-state index contributed by atoms with van der Waals surface area (Å²) in [5, 5.41) is 10.2. The smallest absolute Gasteiger partial charge is 0.151 e. The minimum Gasteiger partial charge on any atom is -0.508 e. The van der Waals surface area contributed by atoms with E-state index in [2.05, 4.69) is 4.98 Å². The summed E-state index contributed by atoms with van der Waals surface area (Å²) in [6, 6.07) is 6.69. The van der Waals surface area contributed by atoms with Crippen LogP contribution >= 0.6 is 23.2 Å². The molecular weight excluding hydrogens is 285 g/mol. The maximum Gasteiger partial charge on any atom is 0.151 e. The van der Waals surface area contributed by atoms with Gasteiger partial charge >= 0.3 is 0 Å². The van der Waals surface area contributed by atoms with Crippen molar-refractivity contribution in [2.24, 2.45) is 0 Å². The highest BCUT2D eigenvalue weighted by Crippen LogP contribution is 2.35. The number of nitrogens with zero attached hydrogens (tertiary/aromatic N) is 1. The highest BCUT2D eigenvalue weighted by Gasteiger charge is 2.11. The second kappa shape index (κ2) is 5.68. The Morgan fingerprint density at radius 3 is 2.63 bits per heavy atom. The molecule has 0 bridgehead atoms. The Labute approximate surface area is 121 Å². The summed E-state index contributed by atoms with van der Waals surface area (Å²) >= 11 is 11.8. The van der Waals surface area contributed by atoms with Crippen LogP contribution in [0.3, 0.4) is 0 Å². The van der Waals surface area contributed by atoms with Gasteiger partial charge in [-0.25, -0.2) is 4.98 Å². The third kappa shape index (κ3) is 3.11. The van der Waals surface area contributed by atoms with Crippen LogP contribution in [0.4, 0.5) is 0 Å². The number of aromatic nitrogens is 1. The first-order valence-electron chi connectivity index (χ1n) is 5.80. The summed E-state index contributed by atoms with van der Waals surface area (Å²) in [7, 11) is 0. The van der Waals surface area contributed by atoms with Crippen LogP contribution in [0.5, 0.6) is 17.2 Å². The van der Waals surface area contributed by atoms with Crippen LogP contribution in [0, 0.1) is 0 Å². The summed E-state index contributed by atoms with van der Waals surface area (Å²) in [5.74, 6) is 1.47. The molecule has 3 nitrogen and oxygen atoms in total. The summed E-state index contributed by atoms with van der Waals surface area (Å²) in [4.78, 5) is 3.85. The molecule has 0 fully saturated rings. The van der Waals surface area contributed by atoms with Crippen molar-refractivity contribution in [2.75, 3.05) is 0 Å². The Hall–Kier alpha value is -1.45. The van der Waals surface area contributed by atoms with Crippen molar-refractivity contribution in [1.82, 2.24) is 4.98 Å². The molecule has 1 heterocycles. The van der Waals surface area contributed by atoms with Crippen molar-refractivity contribution in [3.63, 3.8) is 0 Å². The van der Waals surface area contributed by atoms with Gasteiger partial charge in [-0.3, -0.25) is 0 Å². The van der Waals surface area contributed by atoms with Crippen LogP contribution in [0.15, 0.2) is 30.5 Å². The first-order chi connectivity index (χ1) is 8.99. The lowest BCUT2D eigenvalue weighted by Crippen LogP contribution is -1.92. The Balaban J connectivity index is 2.34. The number of hydrogen-bond donors (Lipinski definition) is 1. The monoisotopic (exact) mass is 297 g/mol. The van der Waals surface area contributed by atoms with Gasteiger partial charge in [0.1, 0.15) is 16.5 Å². The Morgan fingerprint density at radius 1 is 1.21 bits per heavy atom. The van der Waals surface area contributed by atoms with Crippen molar-refractivity contribution in [3.05, 3.63) is 46.2 Å². The van der Waals surface area contributed by atoms with E-state index in [1.54, 1.807) is 24.3 Å². The molecule has 0 atom stereocenters. The van der Waals surface area contributed by atoms with Gasteiger partial charge in [0.15, 0.2) is 10.9 Å². The van der Waals surface area contributed by atoms with Gasteiger partial charge in [0.25, 0.3) is 0 Å². The maximum atomic E-state index is 9.76. The van der Waals surface area contributed by atoms with Gasteiger partial charge in [0.2, 0.25) is 0 Å². The molecule has 100 valence electrons. The summed E-state index contributed by atoms with van der Waals surface area (Å²) in [6.07, 6.45) is 1.52. The van der Waals surface area contributed by atoms with Crippen LogP contribution in [-0.2, 0) is 0 Å². The number of pyridine rings is 1. The van der Waals surface area contributed by atoms with Gasteiger partial charge in [-0.1, -0.05) is 37.0 Å². The summed E-state index contributed by atoms with van der Waals surface area (Å²) in [5.41, 5.74) is 0.814. The molecule has 0 aliphatic heterocycles. The first-order valence-corrected chi connectivity index (χ1v) is 6.55. The quantitative estimate of drug-likeness (QED) is 0.810. The third-order valence-electron chi connectivity index (χ3n) is 2.66. The molecule has 0 amide bonds. The molecule has 0 unspecified atom stereocenters. The minimum atomic E-state index is 0.194. The predicted octanol–water partition coefficient (Wildman–Crippen LogP) is 5.01. The van der Waals surface area contributed by atoms with Crippen LogP contribution in [0.25, 0.3) is 0 Å². The number of benzene rings is 1. The number of aromatic hydroxyl groups is 1. The number of phenols is 1. The SMILES string of the molecule is CC(C)c1cc(Oc2ccnc(Cl)c2Cl)ccc1O. The average molecular weight is 298 g/mol. The van der Waals surface area contributed by atoms with Crippen LogP contribution in [0.1, 0.15) is 25.3 Å². The molecule has 1 aromatic carbocycles. The number of hydrogen-bond acceptors (Lipinski definition) is 3. The van der Waals surface area contributed by atoms with Gasteiger partial charge in [0.05, 0.1) is 0 Å². The van der Waals surface area contributed by atoms with Crippen molar-refractivity contribution >= 4 is 23.2 Å². The van der Waals surface area contributed by atoms with E-state index in [1.807, 2.05) is 13.8 Å². The molecule has 1 aromatic heterocycles. The molecule has 2 aromatic rings. The Morgan fingerprint density at radius 2 is 1.95 bits per heavy atom. The van der Waals surface area contributed by atoms with Gasteiger partial charge < -0.3 is 9.84 Å². The van der Waals surface area contributed by atoms with E-state index >= 15 is 0 Å². The number of ether oxygens (including phenoxy) is 1. The fourth-order valence-electron chi connectivity index (χ4n) is 1.67. The minimum absolute atomic E-state index is 0.194.